The number of aliphatic imine (C=N–C) groups is 1. The van der Waals surface area contributed by atoms with Crippen molar-refractivity contribution in [1.82, 2.24) is 10.6 Å². The molecule has 0 radical (unpaired) electrons. The van der Waals surface area contributed by atoms with Gasteiger partial charge in [0, 0.05) is 39.0 Å². The molecule has 0 saturated carbocycles. The monoisotopic (exact) mass is 450 g/mol. The van der Waals surface area contributed by atoms with Crippen molar-refractivity contribution in [3.63, 3.8) is 0 Å². The summed E-state index contributed by atoms with van der Waals surface area (Å²) >= 11 is 0. The first kappa shape index (κ1) is 22.9. The van der Waals surface area contributed by atoms with Crippen LogP contribution in [0.2, 0.25) is 0 Å². The second kappa shape index (κ2) is 15.5. The molecule has 24 heavy (non-hydrogen) atoms. The summed E-state index contributed by atoms with van der Waals surface area (Å²) in [6.07, 6.45) is 0. The number of anilines is 1. The largest absolute Gasteiger partial charge is 0.383 e. The van der Waals surface area contributed by atoms with Gasteiger partial charge in [0.05, 0.1) is 19.8 Å². The zero-order chi connectivity index (χ0) is 16.8. The Balaban J connectivity index is 0.00000529. The molecule has 0 aliphatic rings. The Morgan fingerprint density at radius 2 is 1.79 bits per heavy atom. The summed E-state index contributed by atoms with van der Waals surface area (Å²) in [5, 5.41) is 9.79. The lowest BCUT2D eigenvalue weighted by Crippen LogP contribution is -2.39. The van der Waals surface area contributed by atoms with Crippen molar-refractivity contribution < 1.29 is 9.47 Å². The van der Waals surface area contributed by atoms with Crippen LogP contribution in [0, 0.1) is 0 Å². The maximum Gasteiger partial charge on any atom is 0.191 e. The molecular weight excluding hydrogens is 419 g/mol. The van der Waals surface area contributed by atoms with E-state index in [1.165, 1.54) is 5.56 Å². The van der Waals surface area contributed by atoms with Crippen LogP contribution < -0.4 is 16.0 Å². The van der Waals surface area contributed by atoms with E-state index in [1.54, 1.807) is 7.11 Å². The Labute approximate surface area is 162 Å². The van der Waals surface area contributed by atoms with E-state index in [9.17, 15) is 0 Å². The summed E-state index contributed by atoms with van der Waals surface area (Å²) in [6.45, 7) is 9.21. The number of guanidine groups is 1. The smallest absolute Gasteiger partial charge is 0.191 e. The van der Waals surface area contributed by atoms with Gasteiger partial charge in [0.25, 0.3) is 0 Å². The predicted octanol–water partition coefficient (Wildman–Crippen LogP) is 2.45. The Morgan fingerprint density at radius 1 is 1.04 bits per heavy atom. The summed E-state index contributed by atoms with van der Waals surface area (Å²) in [5.41, 5.74) is 2.26. The highest BCUT2D eigenvalue weighted by Crippen LogP contribution is 2.10. The second-order valence-electron chi connectivity index (χ2n) is 4.94. The van der Waals surface area contributed by atoms with Crippen LogP contribution in [0.15, 0.2) is 29.3 Å². The number of benzene rings is 1. The fourth-order valence-electron chi connectivity index (χ4n) is 1.92. The van der Waals surface area contributed by atoms with Crippen LogP contribution in [0.1, 0.15) is 19.4 Å². The topological polar surface area (TPSA) is 66.9 Å². The highest BCUT2D eigenvalue weighted by molar-refractivity contribution is 14.0. The molecule has 0 aromatic heterocycles. The van der Waals surface area contributed by atoms with Gasteiger partial charge in [-0.2, -0.15) is 0 Å². The maximum absolute atomic E-state index is 5.32. The molecule has 0 aliphatic heterocycles. The van der Waals surface area contributed by atoms with Gasteiger partial charge in [-0.3, -0.25) is 0 Å². The van der Waals surface area contributed by atoms with Gasteiger partial charge in [-0.25, -0.2) is 4.99 Å². The number of hydrogen-bond donors (Lipinski definition) is 3. The lowest BCUT2D eigenvalue weighted by molar-refractivity contribution is 0.152. The van der Waals surface area contributed by atoms with Crippen molar-refractivity contribution in [2.24, 2.45) is 4.99 Å². The molecule has 3 N–H and O–H groups in total. The molecule has 1 aromatic rings. The van der Waals surface area contributed by atoms with Crippen LogP contribution in [0.25, 0.3) is 0 Å². The molecule has 0 unspecified atom stereocenters. The van der Waals surface area contributed by atoms with Crippen molar-refractivity contribution >= 4 is 35.6 Å². The standard InChI is InChI=1S/C17H30N4O2.HI/c1-4-18-17(20-11-13-23-5-2)21-14-15-6-8-16(9-7-15)19-10-12-22-3;/h6-9,19H,4-5,10-14H2,1-3H3,(H2,18,20,21);1H. The first-order valence-electron chi connectivity index (χ1n) is 8.21. The number of rotatable bonds is 11. The van der Waals surface area contributed by atoms with Crippen LogP contribution >= 0.6 is 24.0 Å². The second-order valence-corrected chi connectivity index (χ2v) is 4.94. The van der Waals surface area contributed by atoms with Gasteiger partial charge in [-0.15, -0.1) is 24.0 Å². The average molecular weight is 450 g/mol. The highest BCUT2D eigenvalue weighted by atomic mass is 127. The van der Waals surface area contributed by atoms with E-state index in [0.717, 1.165) is 37.9 Å². The third-order valence-electron chi connectivity index (χ3n) is 3.10. The lowest BCUT2D eigenvalue weighted by Gasteiger charge is -2.11. The zero-order valence-electron chi connectivity index (χ0n) is 14.9. The fourth-order valence-corrected chi connectivity index (χ4v) is 1.92. The van der Waals surface area contributed by atoms with E-state index >= 15 is 0 Å². The minimum absolute atomic E-state index is 0. The Hall–Kier alpha value is -1.06. The molecule has 7 heteroatoms. The molecule has 0 spiro atoms. The van der Waals surface area contributed by atoms with E-state index in [4.69, 9.17) is 9.47 Å². The van der Waals surface area contributed by atoms with E-state index in [1.807, 2.05) is 6.92 Å². The molecule has 0 amide bonds. The van der Waals surface area contributed by atoms with Crippen LogP contribution in [0.4, 0.5) is 5.69 Å². The van der Waals surface area contributed by atoms with E-state index < -0.39 is 0 Å². The van der Waals surface area contributed by atoms with Crippen molar-refractivity contribution in [2.75, 3.05) is 51.9 Å². The molecule has 0 aliphatic carbocycles. The minimum Gasteiger partial charge on any atom is -0.383 e. The van der Waals surface area contributed by atoms with E-state index in [0.29, 0.717) is 19.8 Å². The molecule has 0 atom stereocenters. The number of halogens is 1. The molecule has 138 valence electrons. The summed E-state index contributed by atoms with van der Waals surface area (Å²) in [6, 6.07) is 8.30. The van der Waals surface area contributed by atoms with Gasteiger partial charge in [0.15, 0.2) is 5.96 Å². The summed E-state index contributed by atoms with van der Waals surface area (Å²) in [7, 11) is 1.70. The van der Waals surface area contributed by atoms with Gasteiger partial charge in [-0.1, -0.05) is 12.1 Å². The average Bonchev–Trinajstić information content (AvgIpc) is 2.58. The Morgan fingerprint density at radius 3 is 2.42 bits per heavy atom. The summed E-state index contributed by atoms with van der Waals surface area (Å²) in [4.78, 5) is 4.58. The highest BCUT2D eigenvalue weighted by Gasteiger charge is 1.98. The number of nitrogens with one attached hydrogen (secondary N) is 3. The SMILES string of the molecule is CCNC(=NCc1ccc(NCCOC)cc1)NCCOCC.I. The Bertz CT molecular complexity index is 441. The number of nitrogens with zero attached hydrogens (tertiary/aromatic N) is 1. The van der Waals surface area contributed by atoms with Crippen LogP contribution in [0.5, 0.6) is 0 Å². The molecule has 1 aromatic carbocycles. The molecule has 0 bridgehead atoms. The lowest BCUT2D eigenvalue weighted by atomic mass is 10.2. The molecule has 6 nitrogen and oxygen atoms in total. The van der Waals surface area contributed by atoms with Crippen molar-refractivity contribution in [3.8, 4) is 0 Å². The third-order valence-corrected chi connectivity index (χ3v) is 3.10. The van der Waals surface area contributed by atoms with Gasteiger partial charge in [0.2, 0.25) is 0 Å². The van der Waals surface area contributed by atoms with Gasteiger partial charge < -0.3 is 25.4 Å². The molecule has 1 rings (SSSR count). The number of ether oxygens (including phenoxy) is 2. The van der Waals surface area contributed by atoms with Crippen LogP contribution in [-0.2, 0) is 16.0 Å². The van der Waals surface area contributed by atoms with Gasteiger partial charge in [-0.05, 0) is 31.5 Å². The number of methoxy groups -OCH3 is 1. The van der Waals surface area contributed by atoms with E-state index in [2.05, 4.69) is 52.1 Å². The maximum atomic E-state index is 5.32. The first-order chi connectivity index (χ1) is 11.3. The van der Waals surface area contributed by atoms with Crippen LogP contribution in [0.3, 0.4) is 0 Å². The van der Waals surface area contributed by atoms with Crippen LogP contribution in [-0.4, -0.2) is 52.5 Å². The first-order valence-corrected chi connectivity index (χ1v) is 8.21. The normalized spacial score (nSPS) is 10.9. The summed E-state index contributed by atoms with van der Waals surface area (Å²) in [5.74, 6) is 0.814. The summed E-state index contributed by atoms with van der Waals surface area (Å²) < 4.78 is 10.3. The van der Waals surface area contributed by atoms with Gasteiger partial charge in [0.1, 0.15) is 0 Å². The van der Waals surface area contributed by atoms with Crippen molar-refractivity contribution in [1.29, 1.82) is 0 Å². The van der Waals surface area contributed by atoms with Crippen molar-refractivity contribution in [2.45, 2.75) is 20.4 Å². The van der Waals surface area contributed by atoms with E-state index in [-0.39, 0.29) is 24.0 Å². The number of hydrogen-bond acceptors (Lipinski definition) is 4. The van der Waals surface area contributed by atoms with Crippen molar-refractivity contribution in [3.05, 3.63) is 29.8 Å². The minimum atomic E-state index is 0. The zero-order valence-corrected chi connectivity index (χ0v) is 17.3. The molecule has 0 heterocycles. The third kappa shape index (κ3) is 10.7. The Kier molecular flexibility index (Phi) is 14.8. The molecule has 0 saturated heterocycles. The molecule has 0 fully saturated rings. The molecular formula is C17H31IN4O2. The fraction of sp³-hybridized carbons (Fsp3) is 0.588. The van der Waals surface area contributed by atoms with Gasteiger partial charge >= 0.3 is 0 Å². The predicted molar refractivity (Wildman–Crippen MR) is 112 cm³/mol. The quantitative estimate of drug-likeness (QED) is 0.209.